The predicted molar refractivity (Wildman–Crippen MR) is 114 cm³/mol. The van der Waals surface area contributed by atoms with Crippen LogP contribution in [0.25, 0.3) is 0 Å². The lowest BCUT2D eigenvalue weighted by Gasteiger charge is -2.31. The Kier molecular flexibility index (Phi) is 7.49. The minimum atomic E-state index is -0.0732. The zero-order chi connectivity index (χ0) is 19.8. The monoisotopic (exact) mass is 380 g/mol. The third-order valence-corrected chi connectivity index (χ3v) is 5.43. The number of ether oxygens (including phenoxy) is 1. The minimum Gasteiger partial charge on any atom is -0.493 e. The molecular formula is C24H32N2O2. The summed E-state index contributed by atoms with van der Waals surface area (Å²) in [5, 5.41) is 3.17. The Labute approximate surface area is 168 Å². The average Bonchev–Trinajstić information content (AvgIpc) is 2.99. The van der Waals surface area contributed by atoms with Crippen molar-refractivity contribution in [2.75, 3.05) is 26.2 Å². The van der Waals surface area contributed by atoms with E-state index in [1.807, 2.05) is 31.2 Å². The van der Waals surface area contributed by atoms with Crippen LogP contribution in [0.15, 0.2) is 48.5 Å². The molecule has 1 heterocycles. The topological polar surface area (TPSA) is 41.6 Å². The summed E-state index contributed by atoms with van der Waals surface area (Å²) < 4.78 is 5.62. The molecule has 28 heavy (non-hydrogen) atoms. The Morgan fingerprint density at radius 2 is 1.71 bits per heavy atom. The van der Waals surface area contributed by atoms with Crippen LogP contribution in [-0.2, 0) is 0 Å². The third kappa shape index (κ3) is 5.35. The van der Waals surface area contributed by atoms with Crippen LogP contribution in [-0.4, -0.2) is 37.0 Å². The molecule has 0 spiro atoms. The van der Waals surface area contributed by atoms with Crippen molar-refractivity contribution in [2.24, 2.45) is 0 Å². The molecule has 1 aliphatic heterocycles. The first-order valence-electron chi connectivity index (χ1n) is 10.5. The smallest absolute Gasteiger partial charge is 0.255 e. The number of rotatable bonds is 7. The van der Waals surface area contributed by atoms with Crippen LogP contribution < -0.4 is 10.1 Å². The Bertz CT molecular complexity index is 749. The van der Waals surface area contributed by atoms with Crippen molar-refractivity contribution in [3.63, 3.8) is 0 Å². The number of hydrogen-bond acceptors (Lipinski definition) is 3. The fourth-order valence-corrected chi connectivity index (χ4v) is 3.87. The first-order valence-corrected chi connectivity index (χ1v) is 10.5. The molecule has 0 saturated carbocycles. The summed E-state index contributed by atoms with van der Waals surface area (Å²) >= 11 is 0. The van der Waals surface area contributed by atoms with Gasteiger partial charge in [-0.05, 0) is 57.5 Å². The fourth-order valence-electron chi connectivity index (χ4n) is 3.87. The van der Waals surface area contributed by atoms with E-state index in [1.165, 1.54) is 36.8 Å². The summed E-state index contributed by atoms with van der Waals surface area (Å²) in [6.45, 7) is 7.36. The van der Waals surface area contributed by atoms with Gasteiger partial charge in [-0.2, -0.15) is 0 Å². The summed E-state index contributed by atoms with van der Waals surface area (Å²) in [6.07, 6.45) is 5.05. The average molecular weight is 381 g/mol. The van der Waals surface area contributed by atoms with Crippen molar-refractivity contribution in [3.05, 3.63) is 65.2 Å². The molecule has 0 unspecified atom stereocenters. The maximum Gasteiger partial charge on any atom is 0.255 e. The second-order valence-electron chi connectivity index (χ2n) is 7.52. The lowest BCUT2D eigenvalue weighted by atomic mass is 10.0. The summed E-state index contributed by atoms with van der Waals surface area (Å²) in [5.74, 6) is 0.570. The van der Waals surface area contributed by atoms with Crippen LogP contribution >= 0.6 is 0 Å². The minimum absolute atomic E-state index is 0.0732. The summed E-state index contributed by atoms with van der Waals surface area (Å²) in [6, 6.07) is 16.4. The van der Waals surface area contributed by atoms with Gasteiger partial charge >= 0.3 is 0 Å². The van der Waals surface area contributed by atoms with E-state index < -0.39 is 0 Å². The van der Waals surface area contributed by atoms with Crippen molar-refractivity contribution in [1.82, 2.24) is 10.2 Å². The van der Waals surface area contributed by atoms with E-state index in [2.05, 4.69) is 41.4 Å². The molecule has 0 bridgehead atoms. The molecule has 0 aliphatic carbocycles. The van der Waals surface area contributed by atoms with Crippen molar-refractivity contribution >= 4 is 5.91 Å². The molecule has 150 valence electrons. The SMILES string of the molecule is CCOc1ccccc1C(=O)NC[C@@H](c1ccc(C)cc1)N1CCCCCC1. The van der Waals surface area contributed by atoms with Crippen LogP contribution in [0, 0.1) is 6.92 Å². The number of hydrogen-bond donors (Lipinski definition) is 1. The second-order valence-corrected chi connectivity index (χ2v) is 7.52. The Balaban J connectivity index is 1.75. The number of likely N-dealkylation sites (tertiary alicyclic amines) is 1. The van der Waals surface area contributed by atoms with Gasteiger partial charge in [-0.25, -0.2) is 0 Å². The molecule has 1 amide bonds. The second kappa shape index (κ2) is 10.3. The lowest BCUT2D eigenvalue weighted by molar-refractivity contribution is 0.0929. The third-order valence-electron chi connectivity index (χ3n) is 5.43. The highest BCUT2D eigenvalue weighted by Crippen LogP contribution is 2.25. The van der Waals surface area contributed by atoms with E-state index in [0.717, 1.165) is 13.1 Å². The summed E-state index contributed by atoms with van der Waals surface area (Å²) in [4.78, 5) is 15.4. The Morgan fingerprint density at radius 1 is 1.04 bits per heavy atom. The van der Waals surface area contributed by atoms with Gasteiger partial charge in [0.05, 0.1) is 18.2 Å². The molecule has 1 fully saturated rings. The largest absolute Gasteiger partial charge is 0.493 e. The number of aryl methyl sites for hydroxylation is 1. The highest BCUT2D eigenvalue weighted by Gasteiger charge is 2.23. The molecule has 3 rings (SSSR count). The Hall–Kier alpha value is -2.33. The van der Waals surface area contributed by atoms with Gasteiger partial charge in [-0.15, -0.1) is 0 Å². The molecule has 0 aromatic heterocycles. The number of nitrogens with one attached hydrogen (secondary N) is 1. The van der Waals surface area contributed by atoms with Crippen LogP contribution in [0.5, 0.6) is 5.75 Å². The fraction of sp³-hybridized carbons (Fsp3) is 0.458. The van der Waals surface area contributed by atoms with Gasteiger partial charge in [-0.3, -0.25) is 9.69 Å². The zero-order valence-corrected chi connectivity index (χ0v) is 17.1. The number of para-hydroxylation sites is 1. The number of nitrogens with zero attached hydrogens (tertiary/aromatic N) is 1. The van der Waals surface area contributed by atoms with Gasteiger partial charge < -0.3 is 10.1 Å². The first-order chi connectivity index (χ1) is 13.7. The molecule has 1 aliphatic rings. The maximum atomic E-state index is 12.9. The number of carbonyl (C=O) groups is 1. The van der Waals surface area contributed by atoms with E-state index >= 15 is 0 Å². The summed E-state index contributed by atoms with van der Waals surface area (Å²) in [7, 11) is 0. The lowest BCUT2D eigenvalue weighted by Crippen LogP contribution is -2.38. The summed E-state index contributed by atoms with van der Waals surface area (Å²) in [5.41, 5.74) is 3.13. The van der Waals surface area contributed by atoms with Crippen molar-refractivity contribution in [3.8, 4) is 5.75 Å². The van der Waals surface area contributed by atoms with Gasteiger partial charge in [-0.1, -0.05) is 54.8 Å². The molecule has 1 saturated heterocycles. The number of carbonyl (C=O) groups excluding carboxylic acids is 1. The first kappa shape index (κ1) is 20.4. The van der Waals surface area contributed by atoms with Gasteiger partial charge in [0, 0.05) is 6.54 Å². The molecule has 0 radical (unpaired) electrons. The van der Waals surface area contributed by atoms with Crippen LogP contribution in [0.1, 0.15) is 60.1 Å². The normalized spacial score (nSPS) is 16.2. The number of amides is 1. The molecule has 4 heteroatoms. The highest BCUT2D eigenvalue weighted by molar-refractivity contribution is 5.96. The Morgan fingerprint density at radius 3 is 2.39 bits per heavy atom. The quantitative estimate of drug-likeness (QED) is 0.754. The van der Waals surface area contributed by atoms with Gasteiger partial charge in [0.25, 0.3) is 5.91 Å². The van der Waals surface area contributed by atoms with Crippen molar-refractivity contribution < 1.29 is 9.53 Å². The molecular weight excluding hydrogens is 348 g/mol. The molecule has 2 aromatic rings. The van der Waals surface area contributed by atoms with E-state index in [4.69, 9.17) is 4.74 Å². The predicted octanol–water partition coefficient (Wildman–Crippen LogP) is 4.74. The van der Waals surface area contributed by atoms with Crippen molar-refractivity contribution in [2.45, 2.75) is 45.6 Å². The molecule has 1 atom stereocenters. The van der Waals surface area contributed by atoms with Crippen molar-refractivity contribution in [1.29, 1.82) is 0 Å². The maximum absolute atomic E-state index is 12.9. The van der Waals surface area contributed by atoms with E-state index in [1.54, 1.807) is 0 Å². The van der Waals surface area contributed by atoms with E-state index in [-0.39, 0.29) is 11.9 Å². The number of benzene rings is 2. The standard InChI is InChI=1S/C24H32N2O2/c1-3-28-23-11-7-6-10-21(23)24(27)25-18-22(20-14-12-19(2)13-15-20)26-16-8-4-5-9-17-26/h6-7,10-15,22H,3-5,8-9,16-18H2,1-2H3,(H,25,27)/t22-/m0/s1. The van der Waals surface area contributed by atoms with E-state index in [9.17, 15) is 4.79 Å². The van der Waals surface area contributed by atoms with Crippen LogP contribution in [0.2, 0.25) is 0 Å². The van der Waals surface area contributed by atoms with Crippen LogP contribution in [0.3, 0.4) is 0 Å². The van der Waals surface area contributed by atoms with E-state index in [0.29, 0.717) is 24.5 Å². The van der Waals surface area contributed by atoms with Gasteiger partial charge in [0.15, 0.2) is 0 Å². The highest BCUT2D eigenvalue weighted by atomic mass is 16.5. The van der Waals surface area contributed by atoms with Gasteiger partial charge in [0.1, 0.15) is 5.75 Å². The molecule has 4 nitrogen and oxygen atoms in total. The molecule has 1 N–H and O–H groups in total. The van der Waals surface area contributed by atoms with Gasteiger partial charge in [0.2, 0.25) is 0 Å². The van der Waals surface area contributed by atoms with Crippen LogP contribution in [0.4, 0.5) is 0 Å². The zero-order valence-electron chi connectivity index (χ0n) is 17.1. The molecule has 2 aromatic carbocycles.